The average Bonchev–Trinajstić information content (AvgIpc) is 2.45. The molecule has 2 heterocycles. The van der Waals surface area contributed by atoms with Crippen molar-refractivity contribution in [2.75, 3.05) is 17.2 Å². The highest BCUT2D eigenvalue weighted by Crippen LogP contribution is 2.32. The van der Waals surface area contributed by atoms with Crippen LogP contribution in [0.15, 0.2) is 0 Å². The average molecular weight is 250 g/mol. The number of aryl methyl sites for hydroxylation is 2. The summed E-state index contributed by atoms with van der Waals surface area (Å²) in [5, 5.41) is 11.8. The summed E-state index contributed by atoms with van der Waals surface area (Å²) in [6.07, 6.45) is 2.34. The first-order valence-corrected chi connectivity index (χ1v) is 6.98. The minimum Gasteiger partial charge on any atom is -0.380 e. The second-order valence-electron chi connectivity index (χ2n) is 6.45. The van der Waals surface area contributed by atoms with Crippen molar-refractivity contribution in [2.45, 2.75) is 60.0 Å². The third-order valence-corrected chi connectivity index (χ3v) is 3.42. The molecule has 0 fully saturated rings. The summed E-state index contributed by atoms with van der Waals surface area (Å²) in [7, 11) is 0. The zero-order chi connectivity index (χ0) is 13.3. The molecule has 0 saturated carbocycles. The lowest BCUT2D eigenvalue weighted by atomic mass is 9.87. The van der Waals surface area contributed by atoms with Crippen LogP contribution in [-0.2, 0) is 6.54 Å². The molecule has 0 bridgehead atoms. The Bertz CT molecular complexity index is 414. The van der Waals surface area contributed by atoms with Gasteiger partial charge in [-0.05, 0) is 32.1 Å². The highest BCUT2D eigenvalue weighted by molar-refractivity contribution is 5.69. The van der Waals surface area contributed by atoms with E-state index in [0.29, 0.717) is 11.5 Å². The van der Waals surface area contributed by atoms with Crippen LogP contribution in [0, 0.1) is 12.3 Å². The SMILES string of the molecule is CCn1nc(C)c2c1NC(CC(C)(C)C)CCN2. The number of hydrogen-bond donors (Lipinski definition) is 2. The van der Waals surface area contributed by atoms with Gasteiger partial charge in [0.1, 0.15) is 11.5 Å². The van der Waals surface area contributed by atoms with Crippen LogP contribution in [0.25, 0.3) is 0 Å². The van der Waals surface area contributed by atoms with Gasteiger partial charge in [-0.15, -0.1) is 0 Å². The molecule has 102 valence electrons. The monoisotopic (exact) mass is 250 g/mol. The Morgan fingerprint density at radius 3 is 2.72 bits per heavy atom. The molecule has 1 aliphatic rings. The summed E-state index contributed by atoms with van der Waals surface area (Å²) >= 11 is 0. The second kappa shape index (κ2) is 4.82. The van der Waals surface area contributed by atoms with Crippen LogP contribution in [0.2, 0.25) is 0 Å². The van der Waals surface area contributed by atoms with Crippen molar-refractivity contribution in [3.05, 3.63) is 5.69 Å². The highest BCUT2D eigenvalue weighted by Gasteiger charge is 2.24. The van der Waals surface area contributed by atoms with Gasteiger partial charge in [0.2, 0.25) is 0 Å². The second-order valence-corrected chi connectivity index (χ2v) is 6.45. The van der Waals surface area contributed by atoms with Crippen molar-refractivity contribution in [2.24, 2.45) is 5.41 Å². The van der Waals surface area contributed by atoms with Gasteiger partial charge in [0.15, 0.2) is 0 Å². The van der Waals surface area contributed by atoms with E-state index >= 15 is 0 Å². The summed E-state index contributed by atoms with van der Waals surface area (Å²) in [4.78, 5) is 0. The lowest BCUT2D eigenvalue weighted by molar-refractivity contribution is 0.344. The van der Waals surface area contributed by atoms with Crippen molar-refractivity contribution in [1.29, 1.82) is 0 Å². The first kappa shape index (κ1) is 13.2. The quantitative estimate of drug-likeness (QED) is 0.846. The molecule has 1 aromatic heterocycles. The first-order valence-electron chi connectivity index (χ1n) is 6.98. The normalized spacial score (nSPS) is 19.7. The lowest BCUT2D eigenvalue weighted by Crippen LogP contribution is -2.27. The van der Waals surface area contributed by atoms with Gasteiger partial charge in [0, 0.05) is 19.1 Å². The molecule has 2 rings (SSSR count). The van der Waals surface area contributed by atoms with Gasteiger partial charge in [0.25, 0.3) is 0 Å². The zero-order valence-corrected chi connectivity index (χ0v) is 12.3. The Balaban J connectivity index is 2.22. The van der Waals surface area contributed by atoms with E-state index in [1.807, 2.05) is 0 Å². The number of hydrogen-bond acceptors (Lipinski definition) is 3. The van der Waals surface area contributed by atoms with Crippen LogP contribution >= 0.6 is 0 Å². The molecule has 0 amide bonds. The third-order valence-electron chi connectivity index (χ3n) is 3.42. The van der Waals surface area contributed by atoms with E-state index in [1.54, 1.807) is 0 Å². The van der Waals surface area contributed by atoms with Crippen LogP contribution in [-0.4, -0.2) is 22.4 Å². The molecule has 1 aliphatic heterocycles. The largest absolute Gasteiger partial charge is 0.380 e. The number of fused-ring (bicyclic) bond motifs is 1. The number of nitrogens with one attached hydrogen (secondary N) is 2. The fourth-order valence-corrected chi connectivity index (χ4v) is 2.70. The van der Waals surface area contributed by atoms with Gasteiger partial charge < -0.3 is 10.6 Å². The van der Waals surface area contributed by atoms with E-state index in [9.17, 15) is 0 Å². The summed E-state index contributed by atoms with van der Waals surface area (Å²) in [5.74, 6) is 1.17. The molecule has 0 aliphatic carbocycles. The Labute approximate surface area is 110 Å². The maximum Gasteiger partial charge on any atom is 0.148 e. The fourth-order valence-electron chi connectivity index (χ4n) is 2.70. The molecule has 4 nitrogen and oxygen atoms in total. The van der Waals surface area contributed by atoms with Crippen molar-refractivity contribution in [1.82, 2.24) is 9.78 Å². The molecule has 1 aromatic rings. The minimum absolute atomic E-state index is 0.355. The van der Waals surface area contributed by atoms with Gasteiger partial charge in [-0.3, -0.25) is 0 Å². The minimum atomic E-state index is 0.355. The van der Waals surface area contributed by atoms with Crippen LogP contribution in [0.3, 0.4) is 0 Å². The molecule has 1 atom stereocenters. The van der Waals surface area contributed by atoms with Gasteiger partial charge >= 0.3 is 0 Å². The van der Waals surface area contributed by atoms with Gasteiger partial charge in [-0.2, -0.15) is 5.10 Å². The molecule has 18 heavy (non-hydrogen) atoms. The molecule has 1 unspecified atom stereocenters. The Hall–Kier alpha value is -1.19. The Kier molecular flexibility index (Phi) is 3.55. The maximum absolute atomic E-state index is 4.57. The van der Waals surface area contributed by atoms with Crippen molar-refractivity contribution < 1.29 is 0 Å². The number of nitrogens with zero attached hydrogens (tertiary/aromatic N) is 2. The van der Waals surface area contributed by atoms with E-state index < -0.39 is 0 Å². The van der Waals surface area contributed by atoms with Gasteiger partial charge in [-0.25, -0.2) is 4.68 Å². The van der Waals surface area contributed by atoms with Crippen molar-refractivity contribution >= 4 is 11.5 Å². The number of anilines is 2. The molecule has 4 heteroatoms. The smallest absolute Gasteiger partial charge is 0.148 e. The van der Waals surface area contributed by atoms with E-state index in [1.165, 1.54) is 17.9 Å². The first-order chi connectivity index (χ1) is 8.40. The lowest BCUT2D eigenvalue weighted by Gasteiger charge is -2.26. The molecule has 0 spiro atoms. The summed E-state index contributed by atoms with van der Waals surface area (Å²) < 4.78 is 2.07. The van der Waals surface area contributed by atoms with Crippen LogP contribution in [0.5, 0.6) is 0 Å². The topological polar surface area (TPSA) is 41.9 Å². The molecular weight excluding hydrogens is 224 g/mol. The number of aromatic nitrogens is 2. The molecule has 0 aromatic carbocycles. The van der Waals surface area contributed by atoms with E-state index in [2.05, 4.69) is 55.0 Å². The summed E-state index contributed by atoms with van der Waals surface area (Å²) in [6.45, 7) is 13.1. The zero-order valence-electron chi connectivity index (χ0n) is 12.3. The fraction of sp³-hybridized carbons (Fsp3) is 0.786. The molecular formula is C14H26N4. The van der Waals surface area contributed by atoms with Gasteiger partial charge in [-0.1, -0.05) is 20.8 Å². The molecule has 0 radical (unpaired) electrons. The van der Waals surface area contributed by atoms with Gasteiger partial charge in [0.05, 0.1) is 5.69 Å². The summed E-state index contributed by atoms with van der Waals surface area (Å²) in [5.41, 5.74) is 2.64. The van der Waals surface area contributed by atoms with Crippen LogP contribution in [0.4, 0.5) is 11.5 Å². The Morgan fingerprint density at radius 2 is 2.11 bits per heavy atom. The summed E-state index contributed by atoms with van der Waals surface area (Å²) in [6, 6.07) is 0.528. The van der Waals surface area contributed by atoms with Crippen LogP contribution < -0.4 is 10.6 Å². The predicted molar refractivity (Wildman–Crippen MR) is 77.2 cm³/mol. The predicted octanol–water partition coefficient (Wildman–Crippen LogP) is 3.24. The standard InChI is InChI=1S/C14H26N4/c1-6-18-13-12(10(2)17-18)15-8-7-11(16-13)9-14(3,4)5/h11,15-16H,6-9H2,1-5H3. The number of rotatable bonds is 2. The maximum atomic E-state index is 4.57. The third kappa shape index (κ3) is 2.79. The van der Waals surface area contributed by atoms with E-state index in [4.69, 9.17) is 0 Å². The molecule has 0 saturated heterocycles. The highest BCUT2D eigenvalue weighted by atomic mass is 15.4. The van der Waals surface area contributed by atoms with Crippen molar-refractivity contribution in [3.63, 3.8) is 0 Å². The van der Waals surface area contributed by atoms with Crippen molar-refractivity contribution in [3.8, 4) is 0 Å². The Morgan fingerprint density at radius 1 is 1.39 bits per heavy atom. The van der Waals surface area contributed by atoms with E-state index in [0.717, 1.165) is 25.2 Å². The van der Waals surface area contributed by atoms with Crippen LogP contribution in [0.1, 0.15) is 46.2 Å². The molecule has 2 N–H and O–H groups in total. The van der Waals surface area contributed by atoms with E-state index in [-0.39, 0.29) is 0 Å².